The minimum Gasteiger partial charge on any atom is -0.508 e. The molecule has 2 aromatic rings. The molecular formula is C16H19F3O2Zr. The van der Waals surface area contributed by atoms with Gasteiger partial charge in [0.1, 0.15) is 11.5 Å². The fraction of sp³-hybridized carbons (Fsp3) is 0.125. The van der Waals surface area contributed by atoms with Gasteiger partial charge < -0.3 is 25.1 Å². The van der Waals surface area contributed by atoms with E-state index in [-0.39, 0.29) is 46.8 Å². The number of rotatable bonds is 0. The molecule has 6 heteroatoms. The fourth-order valence-corrected chi connectivity index (χ4v) is 1.31. The van der Waals surface area contributed by atoms with Crippen molar-refractivity contribution in [1.82, 2.24) is 0 Å². The van der Waals surface area contributed by atoms with E-state index in [1.807, 2.05) is 19.1 Å². The Morgan fingerprint density at radius 1 is 0.818 bits per heavy atom. The smallest absolute Gasteiger partial charge is 0.508 e. The van der Waals surface area contributed by atoms with E-state index in [1.165, 1.54) is 6.07 Å². The first kappa shape index (κ1) is 25.7. The number of hydrogen-bond acceptors (Lipinski definition) is 2. The minimum atomic E-state index is -4.38. The van der Waals surface area contributed by atoms with Gasteiger partial charge in [-0.25, -0.2) is 0 Å². The molecule has 0 fully saturated rings. The van der Waals surface area contributed by atoms with E-state index in [0.29, 0.717) is 11.8 Å². The molecule has 0 spiro atoms. The first-order valence-electron chi connectivity index (χ1n) is 5.41. The van der Waals surface area contributed by atoms with Crippen LogP contribution in [0.1, 0.15) is 11.1 Å². The third-order valence-electron chi connectivity index (χ3n) is 2.18. The van der Waals surface area contributed by atoms with Gasteiger partial charge in [0.05, 0.1) is 5.56 Å². The number of benzene rings is 2. The number of alkyl halides is 3. The van der Waals surface area contributed by atoms with E-state index < -0.39 is 11.7 Å². The van der Waals surface area contributed by atoms with Crippen LogP contribution >= 0.6 is 0 Å². The van der Waals surface area contributed by atoms with Crippen LogP contribution in [0.4, 0.5) is 13.2 Å². The van der Waals surface area contributed by atoms with Gasteiger partial charge in [-0.3, -0.25) is 0 Å². The summed E-state index contributed by atoms with van der Waals surface area (Å²) in [6, 6.07) is 11.1. The van der Waals surface area contributed by atoms with Crippen LogP contribution in [0.25, 0.3) is 0 Å². The molecule has 120 valence electrons. The van der Waals surface area contributed by atoms with E-state index in [2.05, 4.69) is 0 Å². The first-order valence-corrected chi connectivity index (χ1v) is 5.41. The first-order chi connectivity index (χ1) is 8.79. The summed E-state index contributed by atoms with van der Waals surface area (Å²) in [6.45, 7) is 1.94. The Kier molecular flexibility index (Phi) is 13.2. The molecule has 0 saturated carbocycles. The van der Waals surface area contributed by atoms with E-state index in [1.54, 1.807) is 12.1 Å². The van der Waals surface area contributed by atoms with Crippen molar-refractivity contribution in [3.63, 3.8) is 0 Å². The van der Waals surface area contributed by atoms with Gasteiger partial charge in [0, 0.05) is 0 Å². The van der Waals surface area contributed by atoms with Gasteiger partial charge in [0.25, 0.3) is 0 Å². The molecule has 0 unspecified atom stereocenters. The van der Waals surface area contributed by atoms with Crippen LogP contribution in [0.5, 0.6) is 11.5 Å². The summed E-state index contributed by atoms with van der Waals surface area (Å²) in [4.78, 5) is 0. The van der Waals surface area contributed by atoms with Crippen LogP contribution in [-0.4, -0.2) is 10.2 Å². The summed E-state index contributed by atoms with van der Waals surface area (Å²) in [7, 11) is 0. The number of hydrogen-bond donors (Lipinski definition) is 2. The SMILES string of the molecule is Cc1cccc(O)c1.Oc1cccc(C(F)(F)F)c1.[CH3-].[CH3-].[Zr+2]. The van der Waals surface area contributed by atoms with E-state index >= 15 is 0 Å². The van der Waals surface area contributed by atoms with Gasteiger partial charge in [-0.2, -0.15) is 13.2 Å². The van der Waals surface area contributed by atoms with Crippen molar-refractivity contribution in [2.45, 2.75) is 13.1 Å². The van der Waals surface area contributed by atoms with Crippen molar-refractivity contribution in [2.24, 2.45) is 0 Å². The van der Waals surface area contributed by atoms with Crippen LogP contribution in [0.2, 0.25) is 0 Å². The standard InChI is InChI=1S/C7H5F3O.C7H8O.2CH3.Zr/c8-7(9,10)5-2-1-3-6(11)4-5;1-6-3-2-4-7(8)5-6;;;/h1-4,11H;2-5,8H,1H3;2*1H3;/q;;2*-1;+2. The Bertz CT molecular complexity index is 526. The van der Waals surface area contributed by atoms with Gasteiger partial charge in [0.2, 0.25) is 0 Å². The van der Waals surface area contributed by atoms with E-state index in [4.69, 9.17) is 10.2 Å². The summed E-state index contributed by atoms with van der Waals surface area (Å²) in [5.74, 6) is -0.0372. The summed E-state index contributed by atoms with van der Waals surface area (Å²) >= 11 is 0. The van der Waals surface area contributed by atoms with Crippen LogP contribution in [0, 0.1) is 21.8 Å². The molecule has 0 heterocycles. The van der Waals surface area contributed by atoms with Crippen molar-refractivity contribution in [2.75, 3.05) is 0 Å². The molecule has 2 nitrogen and oxygen atoms in total. The molecule has 2 N–H and O–H groups in total. The molecule has 0 radical (unpaired) electrons. The second-order valence-electron chi connectivity index (χ2n) is 3.89. The van der Waals surface area contributed by atoms with E-state index in [0.717, 1.165) is 17.7 Å². The molecule has 0 amide bonds. The molecule has 0 atom stereocenters. The number of aromatic hydroxyl groups is 2. The zero-order valence-corrected chi connectivity index (χ0v) is 15.1. The average Bonchev–Trinajstić information content (AvgIpc) is 2.28. The van der Waals surface area contributed by atoms with Crippen molar-refractivity contribution in [3.05, 3.63) is 74.5 Å². The van der Waals surface area contributed by atoms with Gasteiger partial charge in [-0.15, -0.1) is 0 Å². The fourth-order valence-electron chi connectivity index (χ4n) is 1.31. The van der Waals surface area contributed by atoms with E-state index in [9.17, 15) is 13.2 Å². The predicted molar refractivity (Wildman–Crippen MR) is 78.8 cm³/mol. The number of phenolic OH excluding ortho intramolecular Hbond substituents is 2. The zero-order valence-electron chi connectivity index (χ0n) is 12.6. The zero-order chi connectivity index (χ0) is 14.5. The molecule has 0 aromatic heterocycles. The van der Waals surface area contributed by atoms with Crippen LogP contribution < -0.4 is 0 Å². The predicted octanol–water partition coefficient (Wildman–Crippen LogP) is 5.01. The molecule has 2 rings (SSSR count). The summed E-state index contributed by atoms with van der Waals surface area (Å²) in [6.07, 6.45) is -4.38. The van der Waals surface area contributed by atoms with Gasteiger partial charge >= 0.3 is 32.4 Å². The van der Waals surface area contributed by atoms with Gasteiger partial charge in [-0.05, 0) is 42.8 Å². The quantitative estimate of drug-likeness (QED) is 0.620. The molecule has 0 aliphatic heterocycles. The third-order valence-corrected chi connectivity index (χ3v) is 2.18. The molecule has 0 bridgehead atoms. The Morgan fingerprint density at radius 2 is 1.27 bits per heavy atom. The molecule has 0 aliphatic rings. The second-order valence-corrected chi connectivity index (χ2v) is 3.89. The third kappa shape index (κ3) is 9.61. The summed E-state index contributed by atoms with van der Waals surface area (Å²) < 4.78 is 35.6. The Morgan fingerprint density at radius 3 is 1.55 bits per heavy atom. The van der Waals surface area contributed by atoms with Gasteiger partial charge in [0.15, 0.2) is 0 Å². The van der Waals surface area contributed by atoms with Crippen LogP contribution in [0.3, 0.4) is 0 Å². The van der Waals surface area contributed by atoms with Gasteiger partial charge in [-0.1, -0.05) is 18.2 Å². The maximum atomic E-state index is 11.9. The normalized spacial score (nSPS) is 9.09. The maximum absolute atomic E-state index is 11.9. The number of halogens is 3. The minimum absolute atomic E-state index is 0. The molecule has 0 saturated heterocycles. The van der Waals surface area contributed by atoms with Crippen molar-refractivity contribution in [1.29, 1.82) is 0 Å². The average molecular weight is 392 g/mol. The summed E-state index contributed by atoms with van der Waals surface area (Å²) in [5.41, 5.74) is 0.252. The largest absolute Gasteiger partial charge is 2.00 e. The van der Waals surface area contributed by atoms with Crippen molar-refractivity contribution >= 4 is 0 Å². The second kappa shape index (κ2) is 11.3. The van der Waals surface area contributed by atoms with Crippen LogP contribution in [0.15, 0.2) is 48.5 Å². The maximum Gasteiger partial charge on any atom is 2.00 e. The van der Waals surface area contributed by atoms with Crippen LogP contribution in [-0.2, 0) is 32.4 Å². The summed E-state index contributed by atoms with van der Waals surface area (Å²) in [5, 5.41) is 17.5. The Hall–Kier alpha value is -1.29. The molecule has 2 aromatic carbocycles. The van der Waals surface area contributed by atoms with Crippen molar-refractivity contribution < 1.29 is 49.6 Å². The topological polar surface area (TPSA) is 40.5 Å². The molecule has 0 aliphatic carbocycles. The van der Waals surface area contributed by atoms with Crippen molar-refractivity contribution in [3.8, 4) is 11.5 Å². The monoisotopic (exact) mass is 390 g/mol. The Labute approximate surface area is 148 Å². The molecule has 22 heavy (non-hydrogen) atoms. The Balaban J connectivity index is -0.000000299. The number of phenols is 2. The number of aryl methyl sites for hydroxylation is 1. The molecular weight excluding hydrogens is 372 g/mol.